The minimum absolute atomic E-state index is 0.177. The summed E-state index contributed by atoms with van der Waals surface area (Å²) in [6, 6.07) is 0.0402. The van der Waals surface area contributed by atoms with Gasteiger partial charge in [0.1, 0.15) is 6.10 Å². The van der Waals surface area contributed by atoms with Crippen LogP contribution in [-0.4, -0.2) is 47.1 Å². The van der Waals surface area contributed by atoms with Crippen LogP contribution in [0.4, 0.5) is 0 Å². The Balaban J connectivity index is 2.34. The molecule has 1 aliphatic heterocycles. The second-order valence-electron chi connectivity index (χ2n) is 3.78. The first-order valence-electron chi connectivity index (χ1n) is 5.40. The van der Waals surface area contributed by atoms with E-state index in [0.717, 1.165) is 12.8 Å². The molecule has 0 aromatic heterocycles. The molecule has 3 N–H and O–H groups in total. The Bertz CT molecular complexity index is 221. The molecular formula is C10H19NO4. The van der Waals surface area contributed by atoms with E-state index in [2.05, 4.69) is 10.1 Å². The first-order valence-corrected chi connectivity index (χ1v) is 5.40. The van der Waals surface area contributed by atoms with Gasteiger partial charge in [0.2, 0.25) is 0 Å². The van der Waals surface area contributed by atoms with Crippen LogP contribution in [0.2, 0.25) is 0 Å². The largest absolute Gasteiger partial charge is 0.464 e. The fourth-order valence-electron chi connectivity index (χ4n) is 1.67. The van der Waals surface area contributed by atoms with Crippen molar-refractivity contribution in [1.82, 2.24) is 5.32 Å². The third kappa shape index (κ3) is 3.15. The van der Waals surface area contributed by atoms with Crippen molar-refractivity contribution in [2.75, 3.05) is 6.61 Å². The number of ether oxygens (including phenoxy) is 1. The van der Waals surface area contributed by atoms with Gasteiger partial charge in [0, 0.05) is 6.04 Å². The molecule has 1 saturated heterocycles. The van der Waals surface area contributed by atoms with Gasteiger partial charge >= 0.3 is 5.97 Å². The highest BCUT2D eigenvalue weighted by Gasteiger charge is 2.45. The second kappa shape index (κ2) is 5.44. The van der Waals surface area contributed by atoms with Gasteiger partial charge in [-0.3, -0.25) is 0 Å². The molecular weight excluding hydrogens is 198 g/mol. The second-order valence-corrected chi connectivity index (χ2v) is 3.78. The average molecular weight is 217 g/mol. The minimum Gasteiger partial charge on any atom is -0.464 e. The number of esters is 1. The molecule has 1 rings (SSSR count). The summed E-state index contributed by atoms with van der Waals surface area (Å²) in [4.78, 5) is 11.1. The lowest BCUT2D eigenvalue weighted by atomic mass is 10.1. The quantitative estimate of drug-likeness (QED) is 0.409. The van der Waals surface area contributed by atoms with E-state index >= 15 is 0 Å². The van der Waals surface area contributed by atoms with Gasteiger partial charge < -0.3 is 20.3 Å². The van der Waals surface area contributed by atoms with Gasteiger partial charge in [-0.2, -0.15) is 0 Å². The third-order valence-electron chi connectivity index (χ3n) is 2.55. The molecule has 15 heavy (non-hydrogen) atoms. The summed E-state index contributed by atoms with van der Waals surface area (Å²) in [7, 11) is 0. The molecule has 0 bridgehead atoms. The summed E-state index contributed by atoms with van der Waals surface area (Å²) in [6.07, 6.45) is -0.557. The lowest BCUT2D eigenvalue weighted by Crippen LogP contribution is -2.40. The summed E-state index contributed by atoms with van der Waals surface area (Å²) in [5, 5.41) is 22.1. The molecule has 0 aliphatic carbocycles. The molecule has 0 aromatic carbocycles. The Labute approximate surface area is 89.4 Å². The smallest absolute Gasteiger partial charge is 0.337 e. The highest BCUT2D eigenvalue weighted by molar-refractivity contribution is 5.75. The number of nitrogens with one attached hydrogen (secondary N) is 1. The first kappa shape index (κ1) is 12.4. The number of aliphatic hydroxyl groups excluding tert-OH is 2. The van der Waals surface area contributed by atoms with Gasteiger partial charge in [0.05, 0.1) is 12.6 Å². The fraction of sp³-hybridized carbons (Fsp3) is 0.900. The predicted octanol–water partition coefficient (Wildman–Crippen LogP) is -0.588. The van der Waals surface area contributed by atoms with Crippen molar-refractivity contribution in [2.24, 2.45) is 0 Å². The van der Waals surface area contributed by atoms with E-state index in [1.54, 1.807) is 6.92 Å². The van der Waals surface area contributed by atoms with Crippen LogP contribution < -0.4 is 5.32 Å². The van der Waals surface area contributed by atoms with Crippen molar-refractivity contribution in [3.8, 4) is 0 Å². The zero-order chi connectivity index (χ0) is 11.4. The van der Waals surface area contributed by atoms with Crippen LogP contribution in [0, 0.1) is 0 Å². The van der Waals surface area contributed by atoms with E-state index in [1.807, 2.05) is 6.92 Å². The van der Waals surface area contributed by atoms with E-state index in [0.29, 0.717) is 0 Å². The zero-order valence-corrected chi connectivity index (χ0v) is 9.14. The van der Waals surface area contributed by atoms with Crippen molar-refractivity contribution >= 4 is 5.97 Å². The SMILES string of the molecule is CCC[C@H]1N[C@@H]1[C@@H](O)[C@H](O)C(=O)OCC. The van der Waals surface area contributed by atoms with Crippen LogP contribution in [-0.2, 0) is 9.53 Å². The standard InChI is InChI=1S/C10H19NO4/c1-3-5-6-7(11-6)8(12)9(13)10(14)15-4-2/h6-9,11-13H,3-5H2,1-2H3/t6-,7+,8-,9+/m1/s1. The van der Waals surface area contributed by atoms with Crippen molar-refractivity contribution in [2.45, 2.75) is 51.0 Å². The molecule has 1 aliphatic rings. The highest BCUT2D eigenvalue weighted by Crippen LogP contribution is 2.22. The molecule has 0 saturated carbocycles. The number of carbonyl (C=O) groups is 1. The number of carbonyl (C=O) groups excluding carboxylic acids is 1. The van der Waals surface area contributed by atoms with E-state index in [9.17, 15) is 15.0 Å². The van der Waals surface area contributed by atoms with Crippen molar-refractivity contribution in [3.05, 3.63) is 0 Å². The molecule has 4 atom stereocenters. The van der Waals surface area contributed by atoms with Crippen LogP contribution in [0.5, 0.6) is 0 Å². The monoisotopic (exact) mass is 217 g/mol. The maximum atomic E-state index is 11.1. The molecule has 1 fully saturated rings. The van der Waals surface area contributed by atoms with Crippen LogP contribution >= 0.6 is 0 Å². The Morgan fingerprint density at radius 3 is 2.67 bits per heavy atom. The normalized spacial score (nSPS) is 28.3. The van der Waals surface area contributed by atoms with Gasteiger partial charge in [-0.15, -0.1) is 0 Å². The molecule has 1 heterocycles. The molecule has 5 heteroatoms. The number of aliphatic hydroxyl groups is 2. The molecule has 0 unspecified atom stereocenters. The summed E-state index contributed by atoms with van der Waals surface area (Å²) >= 11 is 0. The van der Waals surface area contributed by atoms with Crippen LogP contribution in [0.1, 0.15) is 26.7 Å². The van der Waals surface area contributed by atoms with Crippen molar-refractivity contribution in [1.29, 1.82) is 0 Å². The number of rotatable bonds is 6. The Hall–Kier alpha value is -0.650. The zero-order valence-electron chi connectivity index (χ0n) is 9.14. The highest BCUT2D eigenvalue weighted by atomic mass is 16.5. The molecule has 5 nitrogen and oxygen atoms in total. The summed E-state index contributed by atoms with van der Waals surface area (Å²) < 4.78 is 4.62. The molecule has 0 spiro atoms. The van der Waals surface area contributed by atoms with Crippen LogP contribution in [0.25, 0.3) is 0 Å². The van der Waals surface area contributed by atoms with E-state index in [4.69, 9.17) is 0 Å². The van der Waals surface area contributed by atoms with E-state index < -0.39 is 18.2 Å². The van der Waals surface area contributed by atoms with Gasteiger partial charge in [-0.1, -0.05) is 13.3 Å². The Kier molecular flexibility index (Phi) is 4.50. The number of hydrogen-bond donors (Lipinski definition) is 3. The number of hydrogen-bond acceptors (Lipinski definition) is 5. The van der Waals surface area contributed by atoms with E-state index in [-0.39, 0.29) is 18.7 Å². The maximum absolute atomic E-state index is 11.1. The molecule has 0 amide bonds. The predicted molar refractivity (Wildman–Crippen MR) is 54.3 cm³/mol. The third-order valence-corrected chi connectivity index (χ3v) is 2.55. The van der Waals surface area contributed by atoms with Gasteiger partial charge in [-0.25, -0.2) is 4.79 Å². The lowest BCUT2D eigenvalue weighted by molar-refractivity contribution is -0.159. The fourth-order valence-corrected chi connectivity index (χ4v) is 1.67. The topological polar surface area (TPSA) is 88.7 Å². The first-order chi connectivity index (χ1) is 7.11. The average Bonchev–Trinajstić information content (AvgIpc) is 2.96. The lowest BCUT2D eigenvalue weighted by Gasteiger charge is -2.15. The van der Waals surface area contributed by atoms with Gasteiger partial charge in [0.25, 0.3) is 0 Å². The maximum Gasteiger partial charge on any atom is 0.337 e. The van der Waals surface area contributed by atoms with Crippen LogP contribution in [0.3, 0.4) is 0 Å². The van der Waals surface area contributed by atoms with Gasteiger partial charge in [0.15, 0.2) is 6.10 Å². The Morgan fingerprint density at radius 2 is 2.13 bits per heavy atom. The van der Waals surface area contributed by atoms with Crippen LogP contribution in [0.15, 0.2) is 0 Å². The van der Waals surface area contributed by atoms with Gasteiger partial charge in [-0.05, 0) is 13.3 Å². The molecule has 88 valence electrons. The summed E-state index contributed by atoms with van der Waals surface area (Å²) in [5.74, 6) is -0.756. The van der Waals surface area contributed by atoms with Crippen molar-refractivity contribution < 1.29 is 19.7 Å². The summed E-state index contributed by atoms with van der Waals surface area (Å²) in [5.41, 5.74) is 0. The Morgan fingerprint density at radius 1 is 1.47 bits per heavy atom. The van der Waals surface area contributed by atoms with Crippen molar-refractivity contribution in [3.63, 3.8) is 0 Å². The minimum atomic E-state index is -1.44. The molecule has 0 aromatic rings. The molecule has 0 radical (unpaired) electrons. The van der Waals surface area contributed by atoms with E-state index in [1.165, 1.54) is 0 Å². The summed E-state index contributed by atoms with van der Waals surface area (Å²) in [6.45, 7) is 3.91.